The van der Waals surface area contributed by atoms with Crippen LogP contribution in [0.15, 0.2) is 157 Å². The average molecular weight is 610 g/mol. The van der Waals surface area contributed by atoms with Gasteiger partial charge in [0.1, 0.15) is 11.2 Å². The van der Waals surface area contributed by atoms with Gasteiger partial charge in [0.15, 0.2) is 0 Å². The first kappa shape index (κ1) is 30.1. The summed E-state index contributed by atoms with van der Waals surface area (Å²) >= 11 is 0. The Morgan fingerprint density at radius 1 is 0.553 bits per heavy atom. The van der Waals surface area contributed by atoms with Crippen LogP contribution in [0.3, 0.4) is 0 Å². The molecule has 0 bridgehead atoms. The number of aryl methyl sites for hydroxylation is 1. The lowest BCUT2D eigenvalue weighted by molar-refractivity contribution is 0.660. The maximum absolute atomic E-state index is 6.19. The summed E-state index contributed by atoms with van der Waals surface area (Å²) in [6.45, 7) is 15.8. The second-order valence-electron chi connectivity index (χ2n) is 12.8. The third-order valence-electron chi connectivity index (χ3n) is 9.65. The van der Waals surface area contributed by atoms with E-state index in [4.69, 9.17) is 4.42 Å². The van der Waals surface area contributed by atoms with Gasteiger partial charge in [0.05, 0.1) is 0 Å². The number of hydrogen-bond acceptors (Lipinski definition) is 2. The van der Waals surface area contributed by atoms with Crippen LogP contribution in [0, 0.1) is 13.8 Å². The van der Waals surface area contributed by atoms with E-state index in [9.17, 15) is 0 Å². The number of nitrogens with zero attached hydrogens (tertiary/aromatic N) is 1. The molecule has 6 aromatic carbocycles. The number of fused-ring (bicyclic) bond motifs is 6. The zero-order valence-electron chi connectivity index (χ0n) is 27.5. The number of para-hydroxylation sites is 1. The molecule has 1 aromatic heterocycles. The van der Waals surface area contributed by atoms with E-state index in [1.165, 1.54) is 44.5 Å². The Balaban J connectivity index is 0.000000833. The topological polar surface area (TPSA) is 16.4 Å². The number of anilines is 3. The molecule has 8 rings (SSSR count). The summed E-state index contributed by atoms with van der Waals surface area (Å²) in [5.74, 6) is 0. The number of rotatable bonds is 5. The van der Waals surface area contributed by atoms with E-state index < -0.39 is 0 Å². The molecule has 0 saturated heterocycles. The van der Waals surface area contributed by atoms with Crippen molar-refractivity contribution in [2.45, 2.75) is 33.1 Å². The molecular weight excluding hydrogens is 571 g/mol. The van der Waals surface area contributed by atoms with Crippen LogP contribution in [0.25, 0.3) is 44.2 Å². The highest BCUT2D eigenvalue weighted by atomic mass is 16.3. The molecule has 0 fully saturated rings. The molecule has 0 radical (unpaired) electrons. The number of allylic oxidation sites excluding steroid dienone is 2. The molecule has 2 nitrogen and oxygen atoms in total. The van der Waals surface area contributed by atoms with E-state index in [-0.39, 0.29) is 5.41 Å². The van der Waals surface area contributed by atoms with Crippen molar-refractivity contribution in [3.05, 3.63) is 175 Å². The Morgan fingerprint density at radius 3 is 1.96 bits per heavy atom. The average Bonchev–Trinajstić information content (AvgIpc) is 3.58. The van der Waals surface area contributed by atoms with Gasteiger partial charge in [-0.1, -0.05) is 118 Å². The van der Waals surface area contributed by atoms with Gasteiger partial charge in [-0.2, -0.15) is 0 Å². The first-order valence-electron chi connectivity index (χ1n) is 16.2. The minimum Gasteiger partial charge on any atom is -0.456 e. The van der Waals surface area contributed by atoms with Crippen molar-refractivity contribution in [3.63, 3.8) is 0 Å². The minimum absolute atomic E-state index is 0.0785. The van der Waals surface area contributed by atoms with Gasteiger partial charge in [-0.15, -0.1) is 0 Å². The molecule has 47 heavy (non-hydrogen) atoms. The Labute approximate surface area is 277 Å². The van der Waals surface area contributed by atoms with E-state index in [0.717, 1.165) is 39.0 Å². The van der Waals surface area contributed by atoms with Crippen molar-refractivity contribution in [1.29, 1.82) is 0 Å². The van der Waals surface area contributed by atoms with Crippen molar-refractivity contribution >= 4 is 39.0 Å². The maximum atomic E-state index is 6.19. The first-order chi connectivity index (χ1) is 22.8. The molecule has 2 heteroatoms. The quantitative estimate of drug-likeness (QED) is 0.181. The molecule has 7 aromatic rings. The largest absolute Gasteiger partial charge is 0.456 e. The van der Waals surface area contributed by atoms with E-state index in [1.54, 1.807) is 12.2 Å². The zero-order valence-corrected chi connectivity index (χ0v) is 27.5. The Kier molecular flexibility index (Phi) is 7.66. The lowest BCUT2D eigenvalue weighted by Gasteiger charge is -2.28. The van der Waals surface area contributed by atoms with Gasteiger partial charge in [-0.25, -0.2) is 0 Å². The number of hydrogen-bond donors (Lipinski definition) is 0. The van der Waals surface area contributed by atoms with Crippen molar-refractivity contribution in [3.8, 4) is 22.3 Å². The van der Waals surface area contributed by atoms with Crippen LogP contribution < -0.4 is 4.90 Å². The third-order valence-corrected chi connectivity index (χ3v) is 9.65. The molecule has 0 unspecified atom stereocenters. The molecule has 230 valence electrons. The predicted molar refractivity (Wildman–Crippen MR) is 201 cm³/mol. The highest BCUT2D eigenvalue weighted by Crippen LogP contribution is 2.50. The van der Waals surface area contributed by atoms with Gasteiger partial charge < -0.3 is 9.32 Å². The van der Waals surface area contributed by atoms with Crippen LogP contribution >= 0.6 is 0 Å². The lowest BCUT2D eigenvalue weighted by atomic mass is 9.82. The normalized spacial score (nSPS) is 12.6. The van der Waals surface area contributed by atoms with Crippen LogP contribution in [0.4, 0.5) is 17.1 Å². The third kappa shape index (κ3) is 5.16. The van der Waals surface area contributed by atoms with Gasteiger partial charge in [0.25, 0.3) is 0 Å². The van der Waals surface area contributed by atoms with E-state index >= 15 is 0 Å². The first-order valence-corrected chi connectivity index (χ1v) is 16.2. The standard InChI is InChI=1S/C41H33NO.C4H6/c1-26-10-9-13-32(27(26)2)28-16-18-29(19-17-28)42(30-21-23-40-36(24-30)35-12-6-8-15-39(35)43-40)31-20-22-34-33-11-5-7-14-37(33)41(3,4)38(34)25-31;1-3-4-2/h5-25H,1-4H3;3-4H,1-2H2. The maximum Gasteiger partial charge on any atom is 0.135 e. The van der Waals surface area contributed by atoms with Crippen LogP contribution in [-0.2, 0) is 5.41 Å². The molecule has 1 aliphatic carbocycles. The molecule has 0 N–H and O–H groups in total. The molecule has 1 heterocycles. The summed E-state index contributed by atoms with van der Waals surface area (Å²) in [6, 6.07) is 46.2. The minimum atomic E-state index is -0.0785. The van der Waals surface area contributed by atoms with E-state index in [2.05, 4.69) is 161 Å². The summed E-state index contributed by atoms with van der Waals surface area (Å²) in [5, 5.41) is 2.26. The van der Waals surface area contributed by atoms with Gasteiger partial charge in [0, 0.05) is 33.2 Å². The van der Waals surface area contributed by atoms with Crippen LogP contribution in [-0.4, -0.2) is 0 Å². The van der Waals surface area contributed by atoms with Gasteiger partial charge >= 0.3 is 0 Å². The summed E-state index contributed by atoms with van der Waals surface area (Å²) in [4.78, 5) is 2.38. The summed E-state index contributed by atoms with van der Waals surface area (Å²) in [6.07, 6.45) is 3.28. The van der Waals surface area contributed by atoms with Crippen molar-refractivity contribution in [2.75, 3.05) is 4.90 Å². The second kappa shape index (κ2) is 12.0. The molecule has 0 spiro atoms. The molecule has 1 aliphatic rings. The summed E-state index contributed by atoms with van der Waals surface area (Å²) < 4.78 is 6.19. The van der Waals surface area contributed by atoms with Crippen LogP contribution in [0.5, 0.6) is 0 Å². The van der Waals surface area contributed by atoms with E-state index in [1.807, 2.05) is 12.1 Å². The van der Waals surface area contributed by atoms with Crippen LogP contribution in [0.1, 0.15) is 36.1 Å². The highest BCUT2D eigenvalue weighted by Gasteiger charge is 2.35. The van der Waals surface area contributed by atoms with E-state index in [0.29, 0.717) is 0 Å². The van der Waals surface area contributed by atoms with Crippen molar-refractivity contribution in [2.24, 2.45) is 0 Å². The van der Waals surface area contributed by atoms with Crippen molar-refractivity contribution in [1.82, 2.24) is 0 Å². The SMILES string of the molecule is C=CC=C.Cc1cccc(-c2ccc(N(c3ccc4c(c3)C(C)(C)c3ccccc3-4)c3ccc4oc5ccccc5c4c3)cc2)c1C. The molecule has 0 saturated carbocycles. The molecular formula is C45H39NO. The fourth-order valence-corrected chi connectivity index (χ4v) is 6.99. The molecule has 0 aliphatic heterocycles. The van der Waals surface area contributed by atoms with Gasteiger partial charge in [-0.3, -0.25) is 0 Å². The molecule has 0 atom stereocenters. The fraction of sp³-hybridized carbons (Fsp3) is 0.111. The molecule has 0 amide bonds. The summed E-state index contributed by atoms with van der Waals surface area (Å²) in [5.41, 5.74) is 15.7. The number of benzene rings is 6. The Hall–Kier alpha value is -5.60. The van der Waals surface area contributed by atoms with Gasteiger partial charge in [-0.05, 0) is 107 Å². The fourth-order valence-electron chi connectivity index (χ4n) is 6.99. The smallest absolute Gasteiger partial charge is 0.135 e. The predicted octanol–water partition coefficient (Wildman–Crippen LogP) is 13.0. The second-order valence-corrected chi connectivity index (χ2v) is 12.8. The Bertz CT molecular complexity index is 2280. The zero-order chi connectivity index (χ0) is 32.7. The highest BCUT2D eigenvalue weighted by molar-refractivity contribution is 6.06. The van der Waals surface area contributed by atoms with Crippen LogP contribution in [0.2, 0.25) is 0 Å². The van der Waals surface area contributed by atoms with Crippen molar-refractivity contribution < 1.29 is 4.42 Å². The monoisotopic (exact) mass is 609 g/mol. The summed E-state index contributed by atoms with van der Waals surface area (Å²) in [7, 11) is 0. The lowest BCUT2D eigenvalue weighted by Crippen LogP contribution is -2.16. The number of furan rings is 1. The van der Waals surface area contributed by atoms with Gasteiger partial charge in [0.2, 0.25) is 0 Å². The Morgan fingerprint density at radius 2 is 1.17 bits per heavy atom.